The van der Waals surface area contributed by atoms with Gasteiger partial charge in [0.1, 0.15) is 5.76 Å². The van der Waals surface area contributed by atoms with Crippen LogP contribution in [0.5, 0.6) is 0 Å². The fourth-order valence-electron chi connectivity index (χ4n) is 2.86. The van der Waals surface area contributed by atoms with Gasteiger partial charge in [0.2, 0.25) is 5.91 Å². The van der Waals surface area contributed by atoms with Crippen LogP contribution < -0.4 is 0 Å². The molecule has 0 N–H and O–H groups in total. The Morgan fingerprint density at radius 2 is 2.33 bits per heavy atom. The molecule has 21 heavy (non-hydrogen) atoms. The maximum Gasteiger partial charge on any atom is 0.230 e. The van der Waals surface area contributed by atoms with E-state index in [9.17, 15) is 4.79 Å². The highest BCUT2D eigenvalue weighted by atomic mass is 16.5. The van der Waals surface area contributed by atoms with Crippen LogP contribution in [0.4, 0.5) is 0 Å². The van der Waals surface area contributed by atoms with Crippen molar-refractivity contribution in [2.45, 2.75) is 38.6 Å². The first-order valence-electron chi connectivity index (χ1n) is 7.36. The summed E-state index contributed by atoms with van der Waals surface area (Å²) >= 11 is 0. The number of aromatic nitrogens is 2. The van der Waals surface area contributed by atoms with Crippen LogP contribution in [0.15, 0.2) is 35.0 Å². The number of nitrogens with zero attached hydrogens (tertiary/aromatic N) is 3. The molecule has 0 aliphatic carbocycles. The summed E-state index contributed by atoms with van der Waals surface area (Å²) in [5, 5.41) is 3.83. The Morgan fingerprint density at radius 3 is 3.05 bits per heavy atom. The van der Waals surface area contributed by atoms with Gasteiger partial charge < -0.3 is 9.42 Å². The third-order valence-electron chi connectivity index (χ3n) is 3.85. The Hall–Kier alpha value is -2.17. The topological polar surface area (TPSA) is 59.2 Å². The van der Waals surface area contributed by atoms with Crippen molar-refractivity contribution in [2.24, 2.45) is 0 Å². The zero-order chi connectivity index (χ0) is 14.7. The van der Waals surface area contributed by atoms with Crippen molar-refractivity contribution in [2.75, 3.05) is 6.54 Å². The van der Waals surface area contributed by atoms with E-state index in [1.54, 1.807) is 6.20 Å². The first-order chi connectivity index (χ1) is 10.2. The van der Waals surface area contributed by atoms with Crippen LogP contribution >= 0.6 is 0 Å². The van der Waals surface area contributed by atoms with Gasteiger partial charge in [0.25, 0.3) is 0 Å². The molecule has 2 aromatic heterocycles. The number of pyridine rings is 1. The molecule has 1 aliphatic rings. The zero-order valence-corrected chi connectivity index (χ0v) is 12.2. The van der Waals surface area contributed by atoms with E-state index in [1.807, 2.05) is 36.1 Å². The lowest BCUT2D eigenvalue weighted by molar-refractivity contribution is -0.134. The van der Waals surface area contributed by atoms with Gasteiger partial charge in [0.05, 0.1) is 23.9 Å². The van der Waals surface area contributed by atoms with E-state index in [-0.39, 0.29) is 18.4 Å². The molecule has 5 heteroatoms. The lowest BCUT2D eigenvalue weighted by Gasteiger charge is -2.35. The predicted octanol–water partition coefficient (Wildman–Crippen LogP) is 2.67. The fraction of sp³-hybridized carbons (Fsp3) is 0.438. The van der Waals surface area contributed by atoms with Crippen LogP contribution in [0.3, 0.4) is 0 Å². The molecule has 0 bridgehead atoms. The number of aryl methyl sites for hydroxylation is 1. The molecule has 3 heterocycles. The Labute approximate surface area is 124 Å². The number of amides is 1. The number of hydrogen-bond donors (Lipinski definition) is 0. The number of piperidine rings is 1. The van der Waals surface area contributed by atoms with Crippen LogP contribution in [-0.2, 0) is 11.2 Å². The van der Waals surface area contributed by atoms with Crippen LogP contribution in [-0.4, -0.2) is 27.5 Å². The van der Waals surface area contributed by atoms with Crippen LogP contribution in [0, 0.1) is 6.92 Å². The lowest BCUT2D eigenvalue weighted by atomic mass is 9.98. The summed E-state index contributed by atoms with van der Waals surface area (Å²) in [6.45, 7) is 2.64. The van der Waals surface area contributed by atoms with Gasteiger partial charge in [-0.1, -0.05) is 11.2 Å². The molecule has 1 aliphatic heterocycles. The average molecular weight is 285 g/mol. The van der Waals surface area contributed by atoms with E-state index >= 15 is 0 Å². The number of carbonyl (C=O) groups is 1. The quantitative estimate of drug-likeness (QED) is 0.870. The Morgan fingerprint density at radius 1 is 1.43 bits per heavy atom. The van der Waals surface area contributed by atoms with Crippen LogP contribution in [0.1, 0.15) is 42.5 Å². The van der Waals surface area contributed by atoms with E-state index in [1.165, 1.54) is 0 Å². The third-order valence-corrected chi connectivity index (χ3v) is 3.85. The van der Waals surface area contributed by atoms with Crippen molar-refractivity contribution in [3.8, 4) is 0 Å². The lowest BCUT2D eigenvalue weighted by Crippen LogP contribution is -2.39. The summed E-state index contributed by atoms with van der Waals surface area (Å²) in [6, 6.07) is 7.76. The molecule has 1 saturated heterocycles. The molecule has 1 atom stereocenters. The monoisotopic (exact) mass is 285 g/mol. The summed E-state index contributed by atoms with van der Waals surface area (Å²) in [5.41, 5.74) is 1.78. The van der Waals surface area contributed by atoms with Crippen molar-refractivity contribution in [1.29, 1.82) is 0 Å². The number of hydrogen-bond acceptors (Lipinski definition) is 4. The first kappa shape index (κ1) is 13.8. The van der Waals surface area contributed by atoms with Crippen molar-refractivity contribution in [3.05, 3.63) is 47.6 Å². The molecule has 0 saturated carbocycles. The molecule has 2 aromatic rings. The van der Waals surface area contributed by atoms with Crippen molar-refractivity contribution >= 4 is 5.91 Å². The summed E-state index contributed by atoms with van der Waals surface area (Å²) in [5.74, 6) is 0.712. The number of likely N-dealkylation sites (tertiary alicyclic amines) is 1. The van der Waals surface area contributed by atoms with Gasteiger partial charge in [-0.25, -0.2) is 0 Å². The number of carbonyl (C=O) groups excluding carboxylic acids is 1. The van der Waals surface area contributed by atoms with Gasteiger partial charge in [-0.05, 0) is 38.3 Å². The average Bonchev–Trinajstić information content (AvgIpc) is 2.93. The molecular formula is C16H19N3O2. The second kappa shape index (κ2) is 6.08. The molecule has 0 aromatic carbocycles. The molecular weight excluding hydrogens is 266 g/mol. The largest absolute Gasteiger partial charge is 0.361 e. The summed E-state index contributed by atoms with van der Waals surface area (Å²) in [7, 11) is 0. The molecule has 110 valence electrons. The van der Waals surface area contributed by atoms with Gasteiger partial charge >= 0.3 is 0 Å². The van der Waals surface area contributed by atoms with Gasteiger partial charge in [0.15, 0.2) is 0 Å². The van der Waals surface area contributed by atoms with E-state index in [2.05, 4.69) is 10.1 Å². The normalized spacial score (nSPS) is 18.7. The van der Waals surface area contributed by atoms with Gasteiger partial charge in [-0.3, -0.25) is 9.78 Å². The van der Waals surface area contributed by atoms with E-state index in [0.717, 1.165) is 37.2 Å². The minimum atomic E-state index is 0.0801. The maximum absolute atomic E-state index is 12.6. The Kier molecular flexibility index (Phi) is 3.99. The van der Waals surface area contributed by atoms with Crippen LogP contribution in [0.2, 0.25) is 0 Å². The third kappa shape index (κ3) is 3.12. The van der Waals surface area contributed by atoms with Gasteiger partial charge in [0, 0.05) is 18.8 Å². The second-order valence-electron chi connectivity index (χ2n) is 5.46. The number of rotatable bonds is 3. The minimum absolute atomic E-state index is 0.0801. The minimum Gasteiger partial charge on any atom is -0.361 e. The molecule has 3 rings (SSSR count). The fourth-order valence-corrected chi connectivity index (χ4v) is 2.86. The highest BCUT2D eigenvalue weighted by Gasteiger charge is 2.29. The highest BCUT2D eigenvalue weighted by molar-refractivity contribution is 5.78. The molecule has 5 nitrogen and oxygen atoms in total. The van der Waals surface area contributed by atoms with E-state index < -0.39 is 0 Å². The Balaban J connectivity index is 1.76. The molecule has 0 spiro atoms. The van der Waals surface area contributed by atoms with Crippen molar-refractivity contribution < 1.29 is 9.32 Å². The Bertz CT molecular complexity index is 609. The van der Waals surface area contributed by atoms with Gasteiger partial charge in [-0.2, -0.15) is 0 Å². The standard InChI is InChI=1S/C16H19N3O2/c1-12-10-13(21-18-12)11-16(20)19-9-5-3-7-15(19)14-6-2-4-8-17-14/h2,4,6,8,10,15H,3,5,7,9,11H2,1H3. The van der Waals surface area contributed by atoms with E-state index in [0.29, 0.717) is 5.76 Å². The molecule has 1 unspecified atom stereocenters. The molecule has 1 fully saturated rings. The second-order valence-corrected chi connectivity index (χ2v) is 5.46. The molecule has 1 amide bonds. The van der Waals surface area contributed by atoms with E-state index in [4.69, 9.17) is 4.52 Å². The van der Waals surface area contributed by atoms with Crippen LogP contribution in [0.25, 0.3) is 0 Å². The smallest absolute Gasteiger partial charge is 0.230 e. The zero-order valence-electron chi connectivity index (χ0n) is 12.2. The summed E-state index contributed by atoms with van der Waals surface area (Å²) in [4.78, 5) is 18.9. The predicted molar refractivity (Wildman–Crippen MR) is 77.5 cm³/mol. The highest BCUT2D eigenvalue weighted by Crippen LogP contribution is 2.30. The van der Waals surface area contributed by atoms with Crippen molar-refractivity contribution in [1.82, 2.24) is 15.0 Å². The SMILES string of the molecule is Cc1cc(CC(=O)N2CCCCC2c2ccccn2)on1. The van der Waals surface area contributed by atoms with Gasteiger partial charge in [-0.15, -0.1) is 0 Å². The summed E-state index contributed by atoms with van der Waals surface area (Å²) in [6.07, 6.45) is 5.20. The van der Waals surface area contributed by atoms with Crippen molar-refractivity contribution in [3.63, 3.8) is 0 Å². The maximum atomic E-state index is 12.6. The molecule has 0 radical (unpaired) electrons. The first-order valence-corrected chi connectivity index (χ1v) is 7.36. The summed E-state index contributed by atoms with van der Waals surface area (Å²) < 4.78 is 5.15.